The van der Waals surface area contributed by atoms with Crippen molar-refractivity contribution in [3.8, 4) is 17.2 Å². The highest BCUT2D eigenvalue weighted by Gasteiger charge is 2.37. The molecule has 5 rings (SSSR count). The summed E-state index contributed by atoms with van der Waals surface area (Å²) in [5.41, 5.74) is 0.747. The van der Waals surface area contributed by atoms with E-state index in [0.717, 1.165) is 12.1 Å². The number of alkyl halides is 3. The molecule has 2 heterocycles. The number of esters is 1. The number of benzene rings is 3. The molecule has 0 spiro atoms. The number of fused-ring (bicyclic) bond motifs is 1. The molecule has 48 heavy (non-hydrogen) atoms. The molecule has 254 valence electrons. The summed E-state index contributed by atoms with van der Waals surface area (Å²) in [5, 5.41) is 7.78. The Morgan fingerprint density at radius 2 is 1.85 bits per heavy atom. The van der Waals surface area contributed by atoms with Gasteiger partial charge in [0.2, 0.25) is 0 Å². The van der Waals surface area contributed by atoms with Gasteiger partial charge in [-0.2, -0.15) is 18.3 Å². The van der Waals surface area contributed by atoms with Gasteiger partial charge in [-0.25, -0.2) is 9.67 Å². The molecule has 1 unspecified atom stereocenters. The second kappa shape index (κ2) is 14.1. The summed E-state index contributed by atoms with van der Waals surface area (Å²) in [4.78, 5) is 32.1. The number of rotatable bonds is 11. The number of carbonyl (C=O) groups excluding carboxylic acids is 2. The number of aromatic nitrogens is 3. The number of amides is 1. The Bertz CT molecular complexity index is 1780. The third kappa shape index (κ3) is 8.38. The molecule has 1 aromatic heterocycles. The van der Waals surface area contributed by atoms with Crippen molar-refractivity contribution >= 4 is 34.9 Å². The topological polar surface area (TPSA) is 108 Å². The number of hydrogen-bond donors (Lipinski definition) is 1. The van der Waals surface area contributed by atoms with E-state index in [0.29, 0.717) is 46.1 Å². The van der Waals surface area contributed by atoms with Crippen LogP contribution in [-0.4, -0.2) is 52.5 Å². The van der Waals surface area contributed by atoms with E-state index in [2.05, 4.69) is 15.4 Å². The van der Waals surface area contributed by atoms with Crippen molar-refractivity contribution in [3.63, 3.8) is 0 Å². The van der Waals surface area contributed by atoms with Crippen LogP contribution in [0.15, 0.2) is 67.3 Å². The van der Waals surface area contributed by atoms with E-state index in [4.69, 9.17) is 25.8 Å². The Kier molecular flexibility index (Phi) is 10.2. The molecule has 10 nitrogen and oxygen atoms in total. The summed E-state index contributed by atoms with van der Waals surface area (Å²) in [5.74, 6) is -0.174. The Hall–Kier alpha value is -4.78. The van der Waals surface area contributed by atoms with Crippen LogP contribution in [0.5, 0.6) is 11.5 Å². The number of halogens is 4. The van der Waals surface area contributed by atoms with Crippen molar-refractivity contribution < 1.29 is 37.0 Å². The molecule has 4 aromatic rings. The van der Waals surface area contributed by atoms with Crippen LogP contribution in [-0.2, 0) is 26.9 Å². The summed E-state index contributed by atoms with van der Waals surface area (Å²) in [6.07, 6.45) is -0.893. The van der Waals surface area contributed by atoms with Crippen LogP contribution in [0, 0.1) is 0 Å². The Morgan fingerprint density at radius 1 is 1.06 bits per heavy atom. The van der Waals surface area contributed by atoms with Gasteiger partial charge in [0, 0.05) is 47.1 Å². The lowest BCUT2D eigenvalue weighted by atomic mass is 10.0. The van der Waals surface area contributed by atoms with Gasteiger partial charge in [-0.1, -0.05) is 23.7 Å². The number of nitrogens with one attached hydrogen (secondary N) is 1. The number of methoxy groups -OCH3 is 1. The van der Waals surface area contributed by atoms with E-state index < -0.39 is 29.3 Å². The summed E-state index contributed by atoms with van der Waals surface area (Å²) in [6, 6.07) is 12.2. The van der Waals surface area contributed by atoms with Gasteiger partial charge in [0.15, 0.2) is 0 Å². The average molecular weight is 686 g/mol. The predicted molar refractivity (Wildman–Crippen MR) is 174 cm³/mol. The van der Waals surface area contributed by atoms with Crippen molar-refractivity contribution in [2.45, 2.75) is 57.9 Å². The van der Waals surface area contributed by atoms with Crippen LogP contribution in [0.25, 0.3) is 5.69 Å². The van der Waals surface area contributed by atoms with Crippen molar-refractivity contribution in [1.29, 1.82) is 0 Å². The summed E-state index contributed by atoms with van der Waals surface area (Å²) in [7, 11) is 1.49. The monoisotopic (exact) mass is 685 g/mol. The zero-order valence-corrected chi connectivity index (χ0v) is 27.6. The normalized spacial score (nSPS) is 13.5. The predicted octanol–water partition coefficient (Wildman–Crippen LogP) is 7.19. The molecule has 0 saturated carbocycles. The molecule has 3 aromatic carbocycles. The van der Waals surface area contributed by atoms with Gasteiger partial charge in [-0.05, 0) is 69.5 Å². The first-order chi connectivity index (χ1) is 22.7. The molecule has 14 heteroatoms. The van der Waals surface area contributed by atoms with E-state index in [-0.39, 0.29) is 37.0 Å². The first-order valence-corrected chi connectivity index (χ1v) is 15.6. The lowest BCUT2D eigenvalue weighted by Gasteiger charge is -2.28. The first-order valence-electron chi connectivity index (χ1n) is 15.2. The molecule has 1 aliphatic heterocycles. The van der Waals surface area contributed by atoms with Crippen LogP contribution >= 0.6 is 11.6 Å². The Morgan fingerprint density at radius 3 is 2.54 bits per heavy atom. The Labute approximate surface area is 280 Å². The minimum absolute atomic E-state index is 0.102. The van der Waals surface area contributed by atoms with Crippen molar-refractivity contribution in [2.24, 2.45) is 0 Å². The zero-order valence-electron chi connectivity index (χ0n) is 26.8. The van der Waals surface area contributed by atoms with Gasteiger partial charge in [0.25, 0.3) is 5.91 Å². The van der Waals surface area contributed by atoms with E-state index in [1.807, 2.05) is 0 Å². The van der Waals surface area contributed by atoms with E-state index in [1.54, 1.807) is 57.2 Å². The van der Waals surface area contributed by atoms with E-state index in [9.17, 15) is 22.8 Å². The molecule has 0 aliphatic carbocycles. The van der Waals surface area contributed by atoms with Gasteiger partial charge in [0.05, 0.1) is 25.0 Å². The SMILES string of the molecule is COc1cc(NC(C(=O)N2CCc3ccc(C(F)(F)F)cc32)c2ccc(Cl)cc2OCCCC(=O)OC(C)(C)C)cc(-n2cncn2)c1. The van der Waals surface area contributed by atoms with E-state index in [1.165, 1.54) is 35.4 Å². The molecule has 0 saturated heterocycles. The van der Waals surface area contributed by atoms with Gasteiger partial charge in [0.1, 0.15) is 35.8 Å². The maximum atomic E-state index is 14.5. The van der Waals surface area contributed by atoms with Crippen molar-refractivity contribution in [2.75, 3.05) is 30.5 Å². The number of ether oxygens (including phenoxy) is 3. The molecule has 0 radical (unpaired) electrons. The standard InChI is InChI=1S/C34H35ClF3N5O5/c1-33(2,3)48-30(44)6-5-13-47-29-15-23(35)9-10-27(29)31(41-24-16-25(18-26(17-24)46-4)43-20-39-19-40-43)32(45)42-12-11-21-7-8-22(14-28(21)42)34(36,37)38/h7-10,14-20,31,41H,5-6,11-13H2,1-4H3. The molecule has 0 bridgehead atoms. The number of anilines is 2. The Balaban J connectivity index is 1.51. The van der Waals surface area contributed by atoms with Crippen LogP contribution in [0.3, 0.4) is 0 Å². The van der Waals surface area contributed by atoms with Gasteiger partial charge >= 0.3 is 12.1 Å². The fourth-order valence-electron chi connectivity index (χ4n) is 5.30. The molecule has 1 N–H and O–H groups in total. The fraction of sp³-hybridized carbons (Fsp3) is 0.353. The largest absolute Gasteiger partial charge is 0.497 e. The molecular formula is C34H35ClF3N5O5. The molecule has 1 aliphatic rings. The molecule has 0 fully saturated rings. The maximum absolute atomic E-state index is 14.5. The third-order valence-corrected chi connectivity index (χ3v) is 7.67. The highest BCUT2D eigenvalue weighted by Crippen LogP contribution is 2.39. The average Bonchev–Trinajstić information content (AvgIpc) is 3.71. The second-order valence-corrected chi connectivity index (χ2v) is 12.6. The van der Waals surface area contributed by atoms with Gasteiger partial charge in [-0.15, -0.1) is 0 Å². The van der Waals surface area contributed by atoms with Crippen LogP contribution in [0.2, 0.25) is 5.02 Å². The smallest absolute Gasteiger partial charge is 0.416 e. The second-order valence-electron chi connectivity index (χ2n) is 12.1. The van der Waals surface area contributed by atoms with E-state index >= 15 is 0 Å². The zero-order chi connectivity index (χ0) is 34.6. The van der Waals surface area contributed by atoms with Crippen LogP contribution in [0.4, 0.5) is 24.5 Å². The summed E-state index contributed by atoms with van der Waals surface area (Å²) < 4.78 is 59.6. The number of nitrogens with zero attached hydrogens (tertiary/aromatic N) is 4. The third-order valence-electron chi connectivity index (χ3n) is 7.43. The van der Waals surface area contributed by atoms with Crippen LogP contribution < -0.4 is 19.7 Å². The number of hydrogen-bond acceptors (Lipinski definition) is 8. The maximum Gasteiger partial charge on any atom is 0.416 e. The highest BCUT2D eigenvalue weighted by atomic mass is 35.5. The lowest BCUT2D eigenvalue weighted by Crippen LogP contribution is -2.37. The summed E-state index contributed by atoms with van der Waals surface area (Å²) >= 11 is 6.36. The molecule has 1 amide bonds. The van der Waals surface area contributed by atoms with Gasteiger partial charge in [-0.3, -0.25) is 9.59 Å². The molecule has 1 atom stereocenters. The van der Waals surface area contributed by atoms with Crippen molar-refractivity contribution in [3.05, 3.63) is 89.0 Å². The van der Waals surface area contributed by atoms with Crippen LogP contribution in [0.1, 0.15) is 56.3 Å². The minimum atomic E-state index is -4.58. The quantitative estimate of drug-likeness (QED) is 0.131. The lowest BCUT2D eigenvalue weighted by molar-refractivity contribution is -0.155. The van der Waals surface area contributed by atoms with Crippen molar-refractivity contribution in [1.82, 2.24) is 14.8 Å². The number of carbonyl (C=O) groups is 2. The highest BCUT2D eigenvalue weighted by molar-refractivity contribution is 6.30. The fourth-order valence-corrected chi connectivity index (χ4v) is 5.46. The van der Waals surface area contributed by atoms with Gasteiger partial charge < -0.3 is 24.4 Å². The minimum Gasteiger partial charge on any atom is -0.497 e. The first kappa shape index (κ1) is 34.6. The summed E-state index contributed by atoms with van der Waals surface area (Å²) in [6.45, 7) is 5.62. The molecular weight excluding hydrogens is 651 g/mol.